The molecule has 0 aliphatic carbocycles. The van der Waals surface area contributed by atoms with E-state index in [9.17, 15) is 8.42 Å². The van der Waals surface area contributed by atoms with E-state index in [2.05, 4.69) is 21.2 Å². The average molecular weight is 394 g/mol. The maximum Gasteiger partial charge on any atom is 0.244 e. The Morgan fingerprint density at radius 2 is 1.95 bits per heavy atom. The summed E-state index contributed by atoms with van der Waals surface area (Å²) >= 11 is 9.43. The Bertz CT molecular complexity index is 644. The van der Waals surface area contributed by atoms with Gasteiger partial charge >= 0.3 is 0 Å². The van der Waals surface area contributed by atoms with E-state index >= 15 is 0 Å². The third kappa shape index (κ3) is 3.01. The van der Waals surface area contributed by atoms with Crippen LogP contribution in [0.1, 0.15) is 19.3 Å². The van der Waals surface area contributed by atoms with Gasteiger partial charge in [0.1, 0.15) is 4.90 Å². The van der Waals surface area contributed by atoms with Crippen molar-refractivity contribution in [3.8, 4) is 0 Å². The average Bonchev–Trinajstić information content (AvgIpc) is 2.83. The molecule has 1 spiro atoms. The van der Waals surface area contributed by atoms with Crippen LogP contribution < -0.4 is 5.32 Å². The van der Waals surface area contributed by atoms with Crippen molar-refractivity contribution in [2.75, 3.05) is 26.2 Å². The zero-order valence-electron chi connectivity index (χ0n) is 11.6. The molecule has 2 aliphatic heterocycles. The Hall–Kier alpha value is -0.140. The molecule has 2 aliphatic rings. The lowest BCUT2D eigenvalue weighted by molar-refractivity contribution is 0.218. The first-order valence-corrected chi connectivity index (χ1v) is 9.70. The number of rotatable bonds is 2. The SMILES string of the molecule is O=S(=O)(c1ccc(Br)cc1Cl)N1CCC2(CCNCC2)C1. The van der Waals surface area contributed by atoms with Gasteiger partial charge in [0.15, 0.2) is 0 Å². The van der Waals surface area contributed by atoms with Gasteiger partial charge in [0.25, 0.3) is 0 Å². The summed E-state index contributed by atoms with van der Waals surface area (Å²) in [7, 11) is -3.50. The van der Waals surface area contributed by atoms with Crippen molar-refractivity contribution >= 4 is 37.6 Å². The van der Waals surface area contributed by atoms with Crippen molar-refractivity contribution in [1.82, 2.24) is 9.62 Å². The van der Waals surface area contributed by atoms with Gasteiger partial charge in [0.2, 0.25) is 10.0 Å². The van der Waals surface area contributed by atoms with Gasteiger partial charge in [-0.3, -0.25) is 0 Å². The van der Waals surface area contributed by atoms with Crippen LogP contribution in [-0.2, 0) is 10.0 Å². The molecule has 21 heavy (non-hydrogen) atoms. The quantitative estimate of drug-likeness (QED) is 0.840. The molecule has 0 bridgehead atoms. The maximum atomic E-state index is 12.8. The minimum absolute atomic E-state index is 0.153. The van der Waals surface area contributed by atoms with Crippen molar-refractivity contribution < 1.29 is 8.42 Å². The number of nitrogens with one attached hydrogen (secondary N) is 1. The molecule has 1 aromatic carbocycles. The monoisotopic (exact) mass is 392 g/mol. The molecule has 2 saturated heterocycles. The second-order valence-corrected chi connectivity index (χ2v) is 9.14. The summed E-state index contributed by atoms with van der Waals surface area (Å²) in [5.74, 6) is 0. The summed E-state index contributed by atoms with van der Waals surface area (Å²) in [5.41, 5.74) is 0.153. The van der Waals surface area contributed by atoms with Gasteiger partial charge in [-0.1, -0.05) is 27.5 Å². The second kappa shape index (κ2) is 5.81. The van der Waals surface area contributed by atoms with Crippen LogP contribution >= 0.6 is 27.5 Å². The molecule has 116 valence electrons. The fourth-order valence-corrected chi connectivity index (χ4v) is 5.85. The van der Waals surface area contributed by atoms with Crippen molar-refractivity contribution in [2.45, 2.75) is 24.2 Å². The third-order valence-corrected chi connectivity index (χ3v) is 7.40. The van der Waals surface area contributed by atoms with Crippen LogP contribution in [0.15, 0.2) is 27.6 Å². The van der Waals surface area contributed by atoms with Crippen LogP contribution in [0.5, 0.6) is 0 Å². The first-order chi connectivity index (χ1) is 9.93. The first kappa shape index (κ1) is 15.7. The lowest BCUT2D eigenvalue weighted by Gasteiger charge is -2.33. The molecule has 1 N–H and O–H groups in total. The molecule has 2 heterocycles. The maximum absolute atomic E-state index is 12.8. The first-order valence-electron chi connectivity index (χ1n) is 7.09. The molecular formula is C14H18BrClN2O2S. The van der Waals surface area contributed by atoms with Gasteiger partial charge in [-0.15, -0.1) is 0 Å². The lowest BCUT2D eigenvalue weighted by atomic mass is 9.78. The molecular weight excluding hydrogens is 376 g/mol. The van der Waals surface area contributed by atoms with E-state index in [-0.39, 0.29) is 15.3 Å². The van der Waals surface area contributed by atoms with E-state index in [4.69, 9.17) is 11.6 Å². The van der Waals surface area contributed by atoms with E-state index < -0.39 is 10.0 Å². The van der Waals surface area contributed by atoms with E-state index in [0.29, 0.717) is 13.1 Å². The summed E-state index contributed by atoms with van der Waals surface area (Å²) < 4.78 is 28.0. The standard InChI is InChI=1S/C14H18BrClN2O2S/c15-11-1-2-13(12(16)9-11)21(19,20)18-8-5-14(10-18)3-6-17-7-4-14/h1-2,9,17H,3-8,10H2. The molecule has 0 aromatic heterocycles. The summed E-state index contributed by atoms with van der Waals surface area (Å²) in [4.78, 5) is 0.207. The largest absolute Gasteiger partial charge is 0.317 e. The number of piperidine rings is 1. The Kier molecular flexibility index (Phi) is 4.36. The van der Waals surface area contributed by atoms with Gasteiger partial charge in [0, 0.05) is 17.6 Å². The number of sulfonamides is 1. The topological polar surface area (TPSA) is 49.4 Å². The van der Waals surface area contributed by atoms with Crippen molar-refractivity contribution in [3.63, 3.8) is 0 Å². The summed E-state index contributed by atoms with van der Waals surface area (Å²) in [6.07, 6.45) is 3.04. The fraction of sp³-hybridized carbons (Fsp3) is 0.571. The smallest absolute Gasteiger partial charge is 0.244 e. The zero-order valence-corrected chi connectivity index (χ0v) is 14.8. The van der Waals surface area contributed by atoms with Gasteiger partial charge in [-0.25, -0.2) is 8.42 Å². The zero-order chi connectivity index (χ0) is 15.1. The highest BCUT2D eigenvalue weighted by atomic mass is 79.9. The predicted molar refractivity (Wildman–Crippen MR) is 87.1 cm³/mol. The predicted octanol–water partition coefficient (Wildman–Crippen LogP) is 2.87. The number of benzene rings is 1. The van der Waals surface area contributed by atoms with Crippen molar-refractivity contribution in [3.05, 3.63) is 27.7 Å². The van der Waals surface area contributed by atoms with Crippen LogP contribution in [-0.4, -0.2) is 38.9 Å². The summed E-state index contributed by atoms with van der Waals surface area (Å²) in [5, 5.41) is 3.62. The summed E-state index contributed by atoms with van der Waals surface area (Å²) in [6.45, 7) is 3.16. The molecule has 0 unspecified atom stereocenters. The van der Waals surface area contributed by atoms with Crippen LogP contribution in [0, 0.1) is 5.41 Å². The normalized spacial score (nSPS) is 22.8. The van der Waals surface area contributed by atoms with Crippen LogP contribution in [0.25, 0.3) is 0 Å². The number of hydrogen-bond donors (Lipinski definition) is 1. The van der Waals surface area contributed by atoms with Gasteiger partial charge in [-0.2, -0.15) is 4.31 Å². The van der Waals surface area contributed by atoms with Crippen molar-refractivity contribution in [1.29, 1.82) is 0 Å². The van der Waals surface area contributed by atoms with E-state index in [0.717, 1.165) is 36.8 Å². The molecule has 3 rings (SSSR count). The van der Waals surface area contributed by atoms with Crippen LogP contribution in [0.4, 0.5) is 0 Å². The number of hydrogen-bond acceptors (Lipinski definition) is 3. The minimum Gasteiger partial charge on any atom is -0.317 e. The Balaban J connectivity index is 1.86. The fourth-order valence-electron chi connectivity index (χ4n) is 3.29. The number of nitrogens with zero attached hydrogens (tertiary/aromatic N) is 1. The highest BCUT2D eigenvalue weighted by Gasteiger charge is 2.43. The van der Waals surface area contributed by atoms with Crippen LogP contribution in [0.2, 0.25) is 5.02 Å². The van der Waals surface area contributed by atoms with E-state index in [1.54, 1.807) is 22.5 Å². The summed E-state index contributed by atoms with van der Waals surface area (Å²) in [6, 6.07) is 4.93. The van der Waals surface area contributed by atoms with Crippen LogP contribution in [0.3, 0.4) is 0 Å². The van der Waals surface area contributed by atoms with E-state index in [1.165, 1.54) is 0 Å². The highest BCUT2D eigenvalue weighted by molar-refractivity contribution is 9.10. The second-order valence-electron chi connectivity index (χ2n) is 5.91. The Labute approximate surface area is 139 Å². The third-order valence-electron chi connectivity index (χ3n) is 4.58. The Morgan fingerprint density at radius 1 is 1.24 bits per heavy atom. The lowest BCUT2D eigenvalue weighted by Crippen LogP contribution is -2.39. The van der Waals surface area contributed by atoms with Gasteiger partial charge in [-0.05, 0) is 56.0 Å². The molecule has 1 aromatic rings. The molecule has 0 saturated carbocycles. The highest BCUT2D eigenvalue weighted by Crippen LogP contribution is 2.41. The minimum atomic E-state index is -3.50. The van der Waals surface area contributed by atoms with Crippen molar-refractivity contribution in [2.24, 2.45) is 5.41 Å². The Morgan fingerprint density at radius 3 is 2.62 bits per heavy atom. The molecule has 7 heteroatoms. The van der Waals surface area contributed by atoms with E-state index in [1.807, 2.05) is 0 Å². The molecule has 4 nitrogen and oxygen atoms in total. The number of halogens is 2. The molecule has 0 amide bonds. The van der Waals surface area contributed by atoms with Gasteiger partial charge in [0.05, 0.1) is 5.02 Å². The molecule has 0 radical (unpaired) electrons. The molecule has 2 fully saturated rings. The molecule has 0 atom stereocenters. The van der Waals surface area contributed by atoms with Gasteiger partial charge < -0.3 is 5.32 Å².